The smallest absolute Gasteiger partial charge is 0.308 e. The van der Waals surface area contributed by atoms with E-state index >= 15 is 0 Å². The Hall–Kier alpha value is -2.62. The van der Waals surface area contributed by atoms with Gasteiger partial charge in [0.05, 0.1) is 12.7 Å². The maximum absolute atomic E-state index is 12.4. The normalized spacial score (nSPS) is 9.90. The fraction of sp³-hybridized carbons (Fsp3) is 0.125. The first kappa shape index (κ1) is 13.8. The Labute approximate surface area is 116 Å². The third-order valence-electron chi connectivity index (χ3n) is 2.71. The third kappa shape index (κ3) is 3.03. The summed E-state index contributed by atoms with van der Waals surface area (Å²) in [6.07, 6.45) is 0. The molecule has 2 aromatic rings. The van der Waals surface area contributed by atoms with Gasteiger partial charge in [0.2, 0.25) is 0 Å². The van der Waals surface area contributed by atoms with Gasteiger partial charge in [-0.3, -0.25) is 9.59 Å². The number of carbonyl (C=O) groups excluding carboxylic acids is 2. The fourth-order valence-electron chi connectivity index (χ4n) is 1.85. The summed E-state index contributed by atoms with van der Waals surface area (Å²) >= 11 is 0. The predicted octanol–water partition coefficient (Wildman–Crippen LogP) is 2.85. The Kier molecular flexibility index (Phi) is 4.15. The predicted molar refractivity (Wildman–Crippen MR) is 74.2 cm³/mol. The van der Waals surface area contributed by atoms with Crippen molar-refractivity contribution in [3.8, 4) is 11.5 Å². The SMILES string of the molecule is COc1ccccc1C(=O)c1cccc(OC(C)=O)c1. The van der Waals surface area contributed by atoms with Gasteiger partial charge in [0.15, 0.2) is 5.78 Å². The van der Waals surface area contributed by atoms with E-state index < -0.39 is 5.97 Å². The molecule has 0 aliphatic heterocycles. The second-order valence-corrected chi connectivity index (χ2v) is 4.15. The van der Waals surface area contributed by atoms with Gasteiger partial charge in [0.1, 0.15) is 11.5 Å². The van der Waals surface area contributed by atoms with Crippen LogP contribution in [0.3, 0.4) is 0 Å². The van der Waals surface area contributed by atoms with Gasteiger partial charge < -0.3 is 9.47 Å². The molecule has 0 aliphatic carbocycles. The Morgan fingerprint density at radius 2 is 1.75 bits per heavy atom. The monoisotopic (exact) mass is 270 g/mol. The van der Waals surface area contributed by atoms with Gasteiger partial charge in [-0.05, 0) is 24.3 Å². The van der Waals surface area contributed by atoms with E-state index in [-0.39, 0.29) is 5.78 Å². The lowest BCUT2D eigenvalue weighted by Gasteiger charge is -2.08. The van der Waals surface area contributed by atoms with Crippen LogP contribution in [0.15, 0.2) is 48.5 Å². The van der Waals surface area contributed by atoms with Crippen LogP contribution < -0.4 is 9.47 Å². The average molecular weight is 270 g/mol. The summed E-state index contributed by atoms with van der Waals surface area (Å²) in [5.74, 6) is 0.247. The molecule has 0 radical (unpaired) electrons. The van der Waals surface area contributed by atoms with Crippen LogP contribution >= 0.6 is 0 Å². The van der Waals surface area contributed by atoms with Crippen LogP contribution in [0.4, 0.5) is 0 Å². The zero-order valence-corrected chi connectivity index (χ0v) is 11.3. The molecule has 0 amide bonds. The van der Waals surface area contributed by atoms with Gasteiger partial charge in [-0.15, -0.1) is 0 Å². The first-order valence-electron chi connectivity index (χ1n) is 6.08. The minimum atomic E-state index is -0.424. The first-order chi connectivity index (χ1) is 9.61. The number of methoxy groups -OCH3 is 1. The number of ether oxygens (including phenoxy) is 2. The Morgan fingerprint density at radius 3 is 2.45 bits per heavy atom. The molecule has 4 nitrogen and oxygen atoms in total. The summed E-state index contributed by atoms with van der Waals surface area (Å²) < 4.78 is 10.2. The van der Waals surface area contributed by atoms with Gasteiger partial charge in [-0.25, -0.2) is 0 Å². The van der Waals surface area contributed by atoms with Crippen LogP contribution in [0, 0.1) is 0 Å². The standard InChI is InChI=1S/C16H14O4/c1-11(17)20-13-7-5-6-12(10-13)16(18)14-8-3-4-9-15(14)19-2/h3-10H,1-2H3. The molecule has 0 heterocycles. The fourth-order valence-corrected chi connectivity index (χ4v) is 1.85. The van der Waals surface area contributed by atoms with Gasteiger partial charge in [0.25, 0.3) is 0 Å². The molecule has 0 N–H and O–H groups in total. The number of para-hydroxylation sites is 1. The molecular weight excluding hydrogens is 256 g/mol. The largest absolute Gasteiger partial charge is 0.496 e. The van der Waals surface area contributed by atoms with Crippen molar-refractivity contribution in [2.24, 2.45) is 0 Å². The number of esters is 1. The van der Waals surface area contributed by atoms with Gasteiger partial charge >= 0.3 is 5.97 Å². The van der Waals surface area contributed by atoms with Crippen molar-refractivity contribution in [2.45, 2.75) is 6.92 Å². The van der Waals surface area contributed by atoms with E-state index in [4.69, 9.17) is 9.47 Å². The van der Waals surface area contributed by atoms with E-state index in [2.05, 4.69) is 0 Å². The average Bonchev–Trinajstić information content (AvgIpc) is 2.46. The molecule has 0 aliphatic rings. The first-order valence-corrected chi connectivity index (χ1v) is 6.08. The highest BCUT2D eigenvalue weighted by Crippen LogP contribution is 2.23. The maximum atomic E-state index is 12.4. The van der Waals surface area contributed by atoms with E-state index in [1.54, 1.807) is 42.5 Å². The summed E-state index contributed by atoms with van der Waals surface area (Å²) in [5, 5.41) is 0. The lowest BCUT2D eigenvalue weighted by molar-refractivity contribution is -0.131. The van der Waals surface area contributed by atoms with Crippen LogP contribution in [0.1, 0.15) is 22.8 Å². The molecule has 20 heavy (non-hydrogen) atoms. The molecule has 0 atom stereocenters. The van der Waals surface area contributed by atoms with E-state index in [1.807, 2.05) is 0 Å². The van der Waals surface area contributed by atoms with Gasteiger partial charge in [-0.1, -0.05) is 24.3 Å². The van der Waals surface area contributed by atoms with Crippen molar-refractivity contribution in [1.29, 1.82) is 0 Å². The molecular formula is C16H14O4. The van der Waals surface area contributed by atoms with E-state index in [0.717, 1.165) is 0 Å². The third-order valence-corrected chi connectivity index (χ3v) is 2.71. The minimum absolute atomic E-state index is 0.184. The number of hydrogen-bond donors (Lipinski definition) is 0. The van der Waals surface area contributed by atoms with Crippen LogP contribution in [-0.2, 0) is 4.79 Å². The molecule has 102 valence electrons. The van der Waals surface area contributed by atoms with Crippen molar-refractivity contribution in [2.75, 3.05) is 7.11 Å². The number of ketones is 1. The van der Waals surface area contributed by atoms with Crippen molar-refractivity contribution >= 4 is 11.8 Å². The van der Waals surface area contributed by atoms with E-state index in [1.165, 1.54) is 20.1 Å². The summed E-state index contributed by atoms with van der Waals surface area (Å²) in [5.41, 5.74) is 0.906. The zero-order valence-electron chi connectivity index (χ0n) is 11.3. The van der Waals surface area contributed by atoms with Crippen molar-refractivity contribution in [3.63, 3.8) is 0 Å². The highest BCUT2D eigenvalue weighted by molar-refractivity contribution is 6.10. The molecule has 0 bridgehead atoms. The Morgan fingerprint density at radius 1 is 1.00 bits per heavy atom. The molecule has 0 saturated heterocycles. The lowest BCUT2D eigenvalue weighted by atomic mass is 10.0. The molecule has 2 rings (SSSR count). The summed E-state index contributed by atoms with van der Waals surface area (Å²) in [7, 11) is 1.52. The second-order valence-electron chi connectivity index (χ2n) is 4.15. The quantitative estimate of drug-likeness (QED) is 0.487. The summed E-state index contributed by atoms with van der Waals surface area (Å²) in [6.45, 7) is 1.31. The topological polar surface area (TPSA) is 52.6 Å². The maximum Gasteiger partial charge on any atom is 0.308 e. The highest BCUT2D eigenvalue weighted by atomic mass is 16.5. The van der Waals surface area contributed by atoms with E-state index in [0.29, 0.717) is 22.6 Å². The van der Waals surface area contributed by atoms with E-state index in [9.17, 15) is 9.59 Å². The van der Waals surface area contributed by atoms with Gasteiger partial charge in [0, 0.05) is 12.5 Å². The summed E-state index contributed by atoms with van der Waals surface area (Å²) in [6, 6.07) is 13.5. The molecule has 2 aromatic carbocycles. The summed E-state index contributed by atoms with van der Waals surface area (Å²) in [4.78, 5) is 23.4. The molecule has 0 aromatic heterocycles. The number of rotatable bonds is 4. The van der Waals surface area contributed by atoms with Gasteiger partial charge in [-0.2, -0.15) is 0 Å². The van der Waals surface area contributed by atoms with Crippen molar-refractivity contribution in [1.82, 2.24) is 0 Å². The minimum Gasteiger partial charge on any atom is -0.496 e. The number of benzene rings is 2. The molecule has 4 heteroatoms. The molecule has 0 spiro atoms. The number of hydrogen-bond acceptors (Lipinski definition) is 4. The van der Waals surface area contributed by atoms with Crippen LogP contribution in [-0.4, -0.2) is 18.9 Å². The van der Waals surface area contributed by atoms with Crippen molar-refractivity contribution < 1.29 is 19.1 Å². The van der Waals surface area contributed by atoms with Crippen LogP contribution in [0.5, 0.6) is 11.5 Å². The molecule has 0 saturated carbocycles. The Bertz CT molecular complexity index is 646. The van der Waals surface area contributed by atoms with Crippen LogP contribution in [0.25, 0.3) is 0 Å². The Balaban J connectivity index is 2.36. The van der Waals surface area contributed by atoms with Crippen LogP contribution in [0.2, 0.25) is 0 Å². The molecule has 0 fully saturated rings. The number of carbonyl (C=O) groups is 2. The highest BCUT2D eigenvalue weighted by Gasteiger charge is 2.14. The second kappa shape index (κ2) is 6.02. The molecule has 0 unspecified atom stereocenters. The zero-order chi connectivity index (χ0) is 14.5. The van der Waals surface area contributed by atoms with Crippen molar-refractivity contribution in [3.05, 3.63) is 59.7 Å². The lowest BCUT2D eigenvalue weighted by Crippen LogP contribution is -2.06.